The van der Waals surface area contributed by atoms with E-state index in [2.05, 4.69) is 17.1 Å². The van der Waals surface area contributed by atoms with Crippen LogP contribution in [0.5, 0.6) is 0 Å². The van der Waals surface area contributed by atoms with E-state index < -0.39 is 0 Å². The van der Waals surface area contributed by atoms with Gasteiger partial charge in [0, 0.05) is 30.8 Å². The van der Waals surface area contributed by atoms with Crippen LogP contribution in [0.15, 0.2) is 6.07 Å². The zero-order chi connectivity index (χ0) is 15.0. The van der Waals surface area contributed by atoms with Crippen LogP contribution in [-0.4, -0.2) is 46.8 Å². The summed E-state index contributed by atoms with van der Waals surface area (Å²) >= 11 is 0. The molecule has 0 aromatic carbocycles. The molecule has 2 saturated carbocycles. The van der Waals surface area contributed by atoms with Crippen LogP contribution in [0.3, 0.4) is 0 Å². The minimum atomic E-state index is 0.0190. The number of nitrogens with zero attached hydrogens (tertiary/aromatic N) is 2. The third kappa shape index (κ3) is 2.27. The Morgan fingerprint density at radius 2 is 2.24 bits per heavy atom. The van der Waals surface area contributed by atoms with E-state index in [1.807, 2.05) is 24.9 Å². The molecule has 0 radical (unpaired) electrons. The van der Waals surface area contributed by atoms with E-state index in [0.717, 1.165) is 18.7 Å². The lowest BCUT2D eigenvalue weighted by molar-refractivity contribution is -0.152. The average molecular weight is 291 g/mol. The Morgan fingerprint density at radius 1 is 1.52 bits per heavy atom. The normalized spacial score (nSPS) is 26.8. The Morgan fingerprint density at radius 3 is 2.81 bits per heavy atom. The molecule has 2 aliphatic rings. The first kappa shape index (κ1) is 14.6. The van der Waals surface area contributed by atoms with E-state index in [9.17, 15) is 4.79 Å². The molecule has 2 atom stereocenters. The molecular weight excluding hydrogens is 266 g/mol. The number of hydrogen-bond donors (Lipinski definition) is 1. The van der Waals surface area contributed by atoms with E-state index >= 15 is 0 Å². The van der Waals surface area contributed by atoms with Gasteiger partial charge in [0.25, 0.3) is 5.91 Å². The summed E-state index contributed by atoms with van der Waals surface area (Å²) in [4.78, 5) is 14.5. The van der Waals surface area contributed by atoms with Gasteiger partial charge in [0.05, 0.1) is 6.10 Å². The summed E-state index contributed by atoms with van der Waals surface area (Å²) in [6.07, 6.45) is 6.15. The van der Waals surface area contributed by atoms with Crippen LogP contribution in [0.25, 0.3) is 0 Å². The van der Waals surface area contributed by atoms with E-state index in [4.69, 9.17) is 4.74 Å². The van der Waals surface area contributed by atoms with Crippen molar-refractivity contribution in [2.45, 2.75) is 58.1 Å². The molecule has 5 heteroatoms. The second kappa shape index (κ2) is 5.44. The minimum absolute atomic E-state index is 0.0190. The summed E-state index contributed by atoms with van der Waals surface area (Å²) in [5, 5.41) is 6.95. The van der Waals surface area contributed by atoms with Gasteiger partial charge in [-0.15, -0.1) is 0 Å². The van der Waals surface area contributed by atoms with Crippen molar-refractivity contribution >= 4 is 5.91 Å². The van der Waals surface area contributed by atoms with Crippen LogP contribution in [0.4, 0.5) is 0 Å². The molecule has 1 aromatic rings. The number of amides is 1. The summed E-state index contributed by atoms with van der Waals surface area (Å²) < 4.78 is 5.93. The molecule has 1 spiro atoms. The molecule has 0 aliphatic heterocycles. The predicted octanol–water partition coefficient (Wildman–Crippen LogP) is 2.53. The molecule has 3 rings (SSSR count). The number of ether oxygens (including phenoxy) is 1. The molecule has 1 heterocycles. The van der Waals surface area contributed by atoms with Gasteiger partial charge in [-0.25, -0.2) is 0 Å². The molecule has 21 heavy (non-hydrogen) atoms. The van der Waals surface area contributed by atoms with Crippen LogP contribution in [0.1, 0.15) is 55.2 Å². The Hall–Kier alpha value is -1.36. The molecule has 5 nitrogen and oxygen atoms in total. The van der Waals surface area contributed by atoms with Crippen LogP contribution in [0, 0.1) is 12.3 Å². The molecule has 2 aliphatic carbocycles. The van der Waals surface area contributed by atoms with Gasteiger partial charge in [-0.3, -0.25) is 9.89 Å². The van der Waals surface area contributed by atoms with E-state index in [-0.39, 0.29) is 11.3 Å². The largest absolute Gasteiger partial charge is 0.378 e. The topological polar surface area (TPSA) is 58.2 Å². The number of H-pyrrole nitrogens is 1. The molecule has 116 valence electrons. The molecule has 1 N–H and O–H groups in total. The van der Waals surface area contributed by atoms with Crippen LogP contribution >= 0.6 is 0 Å². The molecule has 1 amide bonds. The first-order valence-electron chi connectivity index (χ1n) is 7.99. The molecule has 0 saturated heterocycles. The van der Waals surface area contributed by atoms with E-state index in [1.165, 1.54) is 25.7 Å². The first-order valence-corrected chi connectivity index (χ1v) is 7.99. The van der Waals surface area contributed by atoms with Crippen molar-refractivity contribution in [2.75, 3.05) is 13.7 Å². The highest BCUT2D eigenvalue weighted by molar-refractivity contribution is 5.92. The number of aromatic amines is 1. The molecule has 0 unspecified atom stereocenters. The van der Waals surface area contributed by atoms with Gasteiger partial charge < -0.3 is 9.64 Å². The molecule has 2 fully saturated rings. The smallest absolute Gasteiger partial charge is 0.274 e. The number of carbonyl (C=O) groups excluding carboxylic acids is 1. The van der Waals surface area contributed by atoms with Gasteiger partial charge in [0.15, 0.2) is 0 Å². The van der Waals surface area contributed by atoms with Gasteiger partial charge in [-0.05, 0) is 39.2 Å². The third-order valence-electron chi connectivity index (χ3n) is 5.36. The fourth-order valence-electron chi connectivity index (χ4n) is 4.24. The van der Waals surface area contributed by atoms with Gasteiger partial charge in [0.2, 0.25) is 0 Å². The SMILES string of the molecule is CCO[C@H]1C[C@@H](N(C)C(=O)c2cc(C)[nH]n2)C12CCCC2. The first-order chi connectivity index (χ1) is 10.1. The number of rotatable bonds is 4. The number of aryl methyl sites for hydroxylation is 1. The highest BCUT2D eigenvalue weighted by Crippen LogP contribution is 2.56. The standard InChI is InChI=1S/C16H25N3O2/c1-4-21-14-10-13(16(14)7-5-6-8-16)19(3)15(20)12-9-11(2)17-18-12/h9,13-14H,4-8,10H2,1-3H3,(H,17,18)/t13-,14+/m1/s1. The van der Waals surface area contributed by atoms with Crippen molar-refractivity contribution in [3.8, 4) is 0 Å². The monoisotopic (exact) mass is 291 g/mol. The van der Waals surface area contributed by atoms with E-state index in [1.54, 1.807) is 0 Å². The van der Waals surface area contributed by atoms with Crippen molar-refractivity contribution in [1.29, 1.82) is 0 Å². The highest BCUT2D eigenvalue weighted by Gasteiger charge is 2.58. The fourth-order valence-corrected chi connectivity index (χ4v) is 4.24. The number of carbonyl (C=O) groups is 1. The minimum Gasteiger partial charge on any atom is -0.378 e. The summed E-state index contributed by atoms with van der Waals surface area (Å²) in [5.41, 5.74) is 1.62. The maximum Gasteiger partial charge on any atom is 0.274 e. The predicted molar refractivity (Wildman–Crippen MR) is 80.1 cm³/mol. The molecular formula is C16H25N3O2. The summed E-state index contributed by atoms with van der Waals surface area (Å²) in [6.45, 7) is 4.73. The van der Waals surface area contributed by atoms with Crippen LogP contribution in [-0.2, 0) is 4.74 Å². The van der Waals surface area contributed by atoms with Crippen LogP contribution < -0.4 is 0 Å². The number of hydrogen-bond acceptors (Lipinski definition) is 3. The maximum atomic E-state index is 12.6. The summed E-state index contributed by atoms with van der Waals surface area (Å²) in [5.74, 6) is 0.0190. The second-order valence-corrected chi connectivity index (χ2v) is 6.49. The lowest BCUT2D eigenvalue weighted by Gasteiger charge is -2.56. The van der Waals surface area contributed by atoms with Gasteiger partial charge in [-0.2, -0.15) is 5.10 Å². The number of nitrogens with one attached hydrogen (secondary N) is 1. The van der Waals surface area contributed by atoms with Gasteiger partial charge >= 0.3 is 0 Å². The van der Waals surface area contributed by atoms with Gasteiger partial charge in [-0.1, -0.05) is 12.8 Å². The quantitative estimate of drug-likeness (QED) is 0.927. The second-order valence-electron chi connectivity index (χ2n) is 6.49. The molecule has 1 aromatic heterocycles. The van der Waals surface area contributed by atoms with Crippen molar-refractivity contribution in [1.82, 2.24) is 15.1 Å². The Labute approximate surface area is 126 Å². The Bertz CT molecular complexity index is 519. The van der Waals surface area contributed by atoms with Crippen molar-refractivity contribution < 1.29 is 9.53 Å². The zero-order valence-electron chi connectivity index (χ0n) is 13.2. The Kier molecular flexibility index (Phi) is 3.78. The molecule has 0 bridgehead atoms. The van der Waals surface area contributed by atoms with Crippen molar-refractivity contribution in [2.24, 2.45) is 5.41 Å². The van der Waals surface area contributed by atoms with Crippen molar-refractivity contribution in [3.63, 3.8) is 0 Å². The summed E-state index contributed by atoms with van der Waals surface area (Å²) in [7, 11) is 1.92. The maximum absolute atomic E-state index is 12.6. The third-order valence-corrected chi connectivity index (χ3v) is 5.36. The lowest BCUT2D eigenvalue weighted by Crippen LogP contribution is -2.64. The average Bonchev–Trinajstić information content (AvgIpc) is 3.11. The van der Waals surface area contributed by atoms with Crippen molar-refractivity contribution in [3.05, 3.63) is 17.5 Å². The Balaban J connectivity index is 1.75. The number of aromatic nitrogens is 2. The van der Waals surface area contributed by atoms with Gasteiger partial charge in [0.1, 0.15) is 5.69 Å². The fraction of sp³-hybridized carbons (Fsp3) is 0.750. The lowest BCUT2D eigenvalue weighted by atomic mass is 9.60. The highest BCUT2D eigenvalue weighted by atomic mass is 16.5. The van der Waals surface area contributed by atoms with Crippen LogP contribution in [0.2, 0.25) is 0 Å². The van der Waals surface area contributed by atoms with E-state index in [0.29, 0.717) is 17.8 Å². The zero-order valence-corrected chi connectivity index (χ0v) is 13.2. The summed E-state index contributed by atoms with van der Waals surface area (Å²) in [6, 6.07) is 2.11.